The molecular formula is C26H21NO2S. The van der Waals surface area contributed by atoms with E-state index in [-0.39, 0.29) is 18.2 Å². The predicted octanol–water partition coefficient (Wildman–Crippen LogP) is 5.34. The van der Waals surface area contributed by atoms with Gasteiger partial charge in [0, 0.05) is 11.1 Å². The summed E-state index contributed by atoms with van der Waals surface area (Å²) in [6.07, 6.45) is 0.711. The number of carbonyl (C=O) groups excluding carboxylic acids is 2. The number of hydrogen-bond donors (Lipinski definition) is 0. The van der Waals surface area contributed by atoms with Gasteiger partial charge in [-0.25, -0.2) is 0 Å². The molecular weight excluding hydrogens is 390 g/mol. The van der Waals surface area contributed by atoms with Gasteiger partial charge in [-0.1, -0.05) is 66.7 Å². The molecule has 1 fully saturated rings. The standard InChI is InChI=1S/C26H21NO2S/c28-24-17-26(16-19-7-3-1-4-8-19,22-11-12-23-21(15-22)13-14-30-23)25(29)27(24)18-20-9-5-2-6-10-20/h1-15H,16-18H2. The van der Waals surface area contributed by atoms with Gasteiger partial charge >= 0.3 is 0 Å². The van der Waals surface area contributed by atoms with E-state index in [0.717, 1.165) is 22.1 Å². The molecule has 1 saturated heterocycles. The summed E-state index contributed by atoms with van der Waals surface area (Å²) in [4.78, 5) is 28.4. The zero-order valence-corrected chi connectivity index (χ0v) is 17.3. The first-order valence-electron chi connectivity index (χ1n) is 10.1. The zero-order valence-electron chi connectivity index (χ0n) is 16.5. The highest BCUT2D eigenvalue weighted by molar-refractivity contribution is 7.17. The number of hydrogen-bond acceptors (Lipinski definition) is 3. The minimum atomic E-state index is -0.872. The van der Waals surface area contributed by atoms with E-state index in [9.17, 15) is 9.59 Å². The molecule has 0 saturated carbocycles. The van der Waals surface area contributed by atoms with Crippen molar-refractivity contribution in [3.8, 4) is 0 Å². The first-order valence-corrected chi connectivity index (χ1v) is 10.9. The van der Waals surface area contributed by atoms with Crippen molar-refractivity contribution in [3.05, 3.63) is 107 Å². The van der Waals surface area contributed by atoms with Crippen LogP contribution in [0.2, 0.25) is 0 Å². The lowest BCUT2D eigenvalue weighted by Crippen LogP contribution is -2.39. The van der Waals surface area contributed by atoms with Gasteiger partial charge in [0.05, 0.1) is 12.0 Å². The number of likely N-dealkylation sites (tertiary alicyclic amines) is 1. The minimum absolute atomic E-state index is 0.102. The average molecular weight is 412 g/mol. The summed E-state index contributed by atoms with van der Waals surface area (Å²) < 4.78 is 1.19. The van der Waals surface area contributed by atoms with E-state index < -0.39 is 5.41 Å². The van der Waals surface area contributed by atoms with Crippen LogP contribution in [0.15, 0.2) is 90.3 Å². The molecule has 2 heterocycles. The van der Waals surface area contributed by atoms with E-state index >= 15 is 0 Å². The monoisotopic (exact) mass is 411 g/mol. The van der Waals surface area contributed by atoms with E-state index in [1.165, 1.54) is 9.60 Å². The smallest absolute Gasteiger partial charge is 0.241 e. The Morgan fingerprint density at radius 3 is 2.27 bits per heavy atom. The second-order valence-corrected chi connectivity index (χ2v) is 8.81. The maximum Gasteiger partial charge on any atom is 0.241 e. The van der Waals surface area contributed by atoms with Crippen LogP contribution in [-0.2, 0) is 28.0 Å². The number of imide groups is 1. The third kappa shape index (κ3) is 3.23. The number of benzene rings is 3. The van der Waals surface area contributed by atoms with Gasteiger partial charge in [-0.05, 0) is 52.1 Å². The molecule has 0 bridgehead atoms. The summed E-state index contributed by atoms with van der Waals surface area (Å²) in [5.74, 6) is -0.208. The molecule has 1 aromatic heterocycles. The molecule has 3 aromatic carbocycles. The van der Waals surface area contributed by atoms with E-state index in [4.69, 9.17) is 0 Å². The molecule has 0 aliphatic carbocycles. The van der Waals surface area contributed by atoms with Crippen molar-refractivity contribution < 1.29 is 9.59 Å². The molecule has 0 spiro atoms. The summed E-state index contributed by atoms with van der Waals surface area (Å²) in [5, 5.41) is 3.17. The molecule has 0 N–H and O–H groups in total. The molecule has 1 unspecified atom stereocenters. The van der Waals surface area contributed by atoms with Crippen LogP contribution >= 0.6 is 11.3 Å². The molecule has 2 amide bonds. The van der Waals surface area contributed by atoms with Gasteiger partial charge in [-0.3, -0.25) is 14.5 Å². The highest BCUT2D eigenvalue weighted by Gasteiger charge is 2.52. The Balaban J connectivity index is 1.59. The van der Waals surface area contributed by atoms with Crippen molar-refractivity contribution in [2.24, 2.45) is 0 Å². The summed E-state index contributed by atoms with van der Waals surface area (Å²) in [7, 11) is 0. The predicted molar refractivity (Wildman–Crippen MR) is 120 cm³/mol. The van der Waals surface area contributed by atoms with E-state index in [2.05, 4.69) is 23.6 Å². The lowest BCUT2D eigenvalue weighted by atomic mass is 9.74. The molecule has 1 atom stereocenters. The van der Waals surface area contributed by atoms with Crippen LogP contribution in [0.4, 0.5) is 0 Å². The normalized spacial score (nSPS) is 19.0. The lowest BCUT2D eigenvalue weighted by molar-refractivity contribution is -0.140. The Bertz CT molecular complexity index is 1220. The second kappa shape index (κ2) is 7.54. The third-order valence-corrected chi connectivity index (χ3v) is 6.84. The number of thiophene rings is 1. The van der Waals surface area contributed by atoms with Crippen LogP contribution in [0.1, 0.15) is 23.1 Å². The molecule has 148 valence electrons. The topological polar surface area (TPSA) is 37.4 Å². The van der Waals surface area contributed by atoms with Gasteiger partial charge in [-0.2, -0.15) is 0 Å². The van der Waals surface area contributed by atoms with Gasteiger partial charge in [0.15, 0.2) is 0 Å². The molecule has 1 aliphatic heterocycles. The molecule has 5 rings (SSSR count). The van der Waals surface area contributed by atoms with E-state index in [1.807, 2.05) is 66.7 Å². The molecule has 0 radical (unpaired) electrons. The maximum absolute atomic E-state index is 13.8. The Morgan fingerprint density at radius 1 is 0.833 bits per heavy atom. The fraction of sp³-hybridized carbons (Fsp3) is 0.154. The van der Waals surface area contributed by atoms with Crippen molar-refractivity contribution in [2.75, 3.05) is 0 Å². The second-order valence-electron chi connectivity index (χ2n) is 7.87. The molecule has 1 aliphatic rings. The summed E-state index contributed by atoms with van der Waals surface area (Å²) >= 11 is 1.68. The zero-order chi connectivity index (χ0) is 20.6. The van der Waals surface area contributed by atoms with Gasteiger partial charge in [0.2, 0.25) is 11.8 Å². The summed E-state index contributed by atoms with van der Waals surface area (Å²) in [6.45, 7) is 0.315. The van der Waals surface area contributed by atoms with Gasteiger partial charge in [0.1, 0.15) is 0 Å². The van der Waals surface area contributed by atoms with Gasteiger partial charge in [-0.15, -0.1) is 11.3 Å². The first kappa shape index (κ1) is 18.8. The first-order chi connectivity index (χ1) is 14.7. The van der Waals surface area contributed by atoms with Crippen LogP contribution in [0.25, 0.3) is 10.1 Å². The van der Waals surface area contributed by atoms with Crippen LogP contribution in [-0.4, -0.2) is 16.7 Å². The highest BCUT2D eigenvalue weighted by atomic mass is 32.1. The number of nitrogens with zero attached hydrogens (tertiary/aromatic N) is 1. The quantitative estimate of drug-likeness (QED) is 0.416. The highest BCUT2D eigenvalue weighted by Crippen LogP contribution is 2.41. The van der Waals surface area contributed by atoms with Crippen molar-refractivity contribution in [1.29, 1.82) is 0 Å². The summed E-state index contributed by atoms with van der Waals surface area (Å²) in [5.41, 5.74) is 2.07. The van der Waals surface area contributed by atoms with Crippen molar-refractivity contribution in [2.45, 2.75) is 24.8 Å². The fourth-order valence-electron chi connectivity index (χ4n) is 4.40. The average Bonchev–Trinajstić information content (AvgIpc) is 3.34. The Morgan fingerprint density at radius 2 is 1.53 bits per heavy atom. The van der Waals surface area contributed by atoms with Crippen molar-refractivity contribution >= 4 is 33.2 Å². The Kier molecular flexibility index (Phi) is 4.72. The molecule has 4 heteroatoms. The Labute approximate surface area is 179 Å². The van der Waals surface area contributed by atoms with Crippen LogP contribution in [0.5, 0.6) is 0 Å². The number of amides is 2. The van der Waals surface area contributed by atoms with Crippen molar-refractivity contribution in [3.63, 3.8) is 0 Å². The number of carbonyl (C=O) groups is 2. The lowest BCUT2D eigenvalue weighted by Gasteiger charge is -2.28. The van der Waals surface area contributed by atoms with E-state index in [0.29, 0.717) is 13.0 Å². The number of rotatable bonds is 5. The molecule has 3 nitrogen and oxygen atoms in total. The SMILES string of the molecule is O=C1CC(Cc2ccccc2)(c2ccc3sccc3c2)C(=O)N1Cc1ccccc1. The van der Waals surface area contributed by atoms with Crippen LogP contribution in [0, 0.1) is 0 Å². The van der Waals surface area contributed by atoms with Crippen LogP contribution in [0.3, 0.4) is 0 Å². The maximum atomic E-state index is 13.8. The largest absolute Gasteiger partial charge is 0.277 e. The number of fused-ring (bicyclic) bond motifs is 1. The van der Waals surface area contributed by atoms with Gasteiger partial charge in [0.25, 0.3) is 0 Å². The molecule has 4 aromatic rings. The Hall–Kier alpha value is -3.24. The summed E-state index contributed by atoms with van der Waals surface area (Å²) in [6, 6.07) is 28.0. The van der Waals surface area contributed by atoms with Crippen molar-refractivity contribution in [1.82, 2.24) is 4.90 Å². The van der Waals surface area contributed by atoms with Crippen LogP contribution < -0.4 is 0 Å². The van der Waals surface area contributed by atoms with E-state index in [1.54, 1.807) is 11.3 Å². The fourth-order valence-corrected chi connectivity index (χ4v) is 5.17. The molecule has 30 heavy (non-hydrogen) atoms. The minimum Gasteiger partial charge on any atom is -0.277 e. The van der Waals surface area contributed by atoms with Gasteiger partial charge < -0.3 is 0 Å². The third-order valence-electron chi connectivity index (χ3n) is 5.95.